The monoisotopic (exact) mass is 751 g/mol. The molecule has 0 radical (unpaired) electrons. The van der Waals surface area contributed by atoms with E-state index < -0.39 is 36.4 Å². The summed E-state index contributed by atoms with van der Waals surface area (Å²) in [5, 5.41) is 41.0. The first-order valence-electron chi connectivity index (χ1n) is 22.5. The molecule has 0 amide bonds. The minimum absolute atomic E-state index is 0.0380. The number of ether oxygens (including phenoxy) is 1. The van der Waals surface area contributed by atoms with Gasteiger partial charge < -0.3 is 25.2 Å². The lowest BCUT2D eigenvalue weighted by molar-refractivity contribution is -0.190. The fourth-order valence-electron chi connectivity index (χ4n) is 6.80. The molecule has 53 heavy (non-hydrogen) atoms. The molecule has 7 heteroatoms. The number of carbonyl (C=O) groups excluding carboxylic acids is 2. The molecule has 7 nitrogen and oxygen atoms in total. The molecule has 2 atom stereocenters. The van der Waals surface area contributed by atoms with Crippen molar-refractivity contribution in [2.45, 2.75) is 243 Å². The maximum atomic E-state index is 12.7. The summed E-state index contributed by atoms with van der Waals surface area (Å²) in [6, 6.07) is 0. The third-order valence-corrected chi connectivity index (χ3v) is 10.7. The van der Waals surface area contributed by atoms with Crippen LogP contribution in [0, 0.1) is 0 Å². The summed E-state index contributed by atoms with van der Waals surface area (Å²) in [6.45, 7) is 2.76. The molecule has 0 fully saturated rings. The minimum Gasteiger partial charge on any atom is -0.393 e. The fraction of sp³-hybridized carbons (Fsp3) is 0.870. The summed E-state index contributed by atoms with van der Waals surface area (Å²) in [5.74, 6) is -2.55. The van der Waals surface area contributed by atoms with Crippen molar-refractivity contribution in [3.05, 3.63) is 24.3 Å². The molecule has 0 aliphatic rings. The Morgan fingerprint density at radius 2 is 0.623 bits per heavy atom. The van der Waals surface area contributed by atoms with Crippen LogP contribution >= 0.6 is 0 Å². The van der Waals surface area contributed by atoms with Crippen LogP contribution in [0.2, 0.25) is 0 Å². The second kappa shape index (κ2) is 37.4. The Morgan fingerprint density at radius 3 is 0.868 bits per heavy atom. The fourth-order valence-corrected chi connectivity index (χ4v) is 6.80. The second-order valence-electron chi connectivity index (χ2n) is 15.8. The molecule has 0 bridgehead atoms. The van der Waals surface area contributed by atoms with Crippen LogP contribution in [0.15, 0.2) is 24.3 Å². The molecule has 2 unspecified atom stereocenters. The normalized spacial score (nSPS) is 14.2. The molecule has 0 aromatic heterocycles. The minimum atomic E-state index is -2.21. The number of carbonyl (C=O) groups is 2. The number of hydrogen-bond donors (Lipinski definition) is 4. The van der Waals surface area contributed by atoms with Gasteiger partial charge in [-0.15, -0.1) is 0 Å². The quantitative estimate of drug-likeness (QED) is 0.0213. The van der Waals surface area contributed by atoms with Gasteiger partial charge in [0.15, 0.2) is 11.2 Å². The molecule has 0 rings (SSSR count). The summed E-state index contributed by atoms with van der Waals surface area (Å²) in [7, 11) is 0. The van der Waals surface area contributed by atoms with Crippen molar-refractivity contribution in [1.82, 2.24) is 0 Å². The highest BCUT2D eigenvalue weighted by molar-refractivity contribution is 5.94. The van der Waals surface area contributed by atoms with Crippen LogP contribution < -0.4 is 0 Å². The van der Waals surface area contributed by atoms with Crippen molar-refractivity contribution in [1.29, 1.82) is 0 Å². The van der Waals surface area contributed by atoms with Crippen LogP contribution in [-0.2, 0) is 14.3 Å². The summed E-state index contributed by atoms with van der Waals surface area (Å²) in [5.41, 5.74) is -4.43. The number of unbranched alkanes of at least 4 members (excludes halogenated alkanes) is 28. The lowest BCUT2D eigenvalue weighted by atomic mass is 9.95. The molecule has 0 heterocycles. The molecule has 0 saturated carbocycles. The molecular weight excluding hydrogens is 664 g/mol. The van der Waals surface area contributed by atoms with Gasteiger partial charge in [-0.05, 0) is 77.0 Å². The Bertz CT molecular complexity index is 817. The number of allylic oxidation sites excluding steroid dienone is 4. The summed E-state index contributed by atoms with van der Waals surface area (Å²) in [4.78, 5) is 25.3. The van der Waals surface area contributed by atoms with Crippen molar-refractivity contribution in [3.8, 4) is 0 Å². The summed E-state index contributed by atoms with van der Waals surface area (Å²) in [6.07, 6.45) is 46.4. The first-order chi connectivity index (χ1) is 25.8. The number of rotatable bonds is 40. The first-order valence-corrected chi connectivity index (χ1v) is 22.5. The van der Waals surface area contributed by atoms with E-state index in [1.807, 2.05) is 0 Å². The number of hydrogen-bond acceptors (Lipinski definition) is 7. The van der Waals surface area contributed by atoms with E-state index in [1.165, 1.54) is 116 Å². The van der Waals surface area contributed by atoms with Gasteiger partial charge in [0.25, 0.3) is 0 Å². The van der Waals surface area contributed by atoms with E-state index in [9.17, 15) is 30.0 Å². The summed E-state index contributed by atoms with van der Waals surface area (Å²) >= 11 is 0. The van der Waals surface area contributed by atoms with E-state index in [1.54, 1.807) is 0 Å². The van der Waals surface area contributed by atoms with Gasteiger partial charge in [-0.3, -0.25) is 0 Å². The van der Waals surface area contributed by atoms with Crippen molar-refractivity contribution in [2.75, 3.05) is 13.2 Å². The van der Waals surface area contributed by atoms with Gasteiger partial charge in [-0.1, -0.05) is 179 Å². The molecule has 0 aliphatic carbocycles. The van der Waals surface area contributed by atoms with Crippen LogP contribution in [0.25, 0.3) is 0 Å². The zero-order valence-electron chi connectivity index (χ0n) is 34.8. The Hall–Kier alpha value is -1.54. The van der Waals surface area contributed by atoms with Crippen molar-refractivity contribution < 1.29 is 34.8 Å². The molecule has 0 spiro atoms. The maximum Gasteiger partial charge on any atom is 0.348 e. The predicted octanol–water partition coefficient (Wildman–Crippen LogP) is 11.9. The Kier molecular flexibility index (Phi) is 36.3. The first kappa shape index (κ1) is 51.5. The van der Waals surface area contributed by atoms with E-state index in [-0.39, 0.29) is 12.8 Å². The van der Waals surface area contributed by atoms with Gasteiger partial charge in [0.1, 0.15) is 0 Å². The smallest absolute Gasteiger partial charge is 0.348 e. The largest absolute Gasteiger partial charge is 0.393 e. The molecule has 0 aliphatic heterocycles. The van der Waals surface area contributed by atoms with E-state index in [0.29, 0.717) is 12.8 Å². The van der Waals surface area contributed by atoms with Crippen molar-refractivity contribution in [3.63, 3.8) is 0 Å². The molecule has 0 saturated heterocycles. The van der Waals surface area contributed by atoms with E-state index in [0.717, 1.165) is 77.0 Å². The molecular formula is C46H86O7. The van der Waals surface area contributed by atoms with Gasteiger partial charge in [0, 0.05) is 0 Å². The Balaban J connectivity index is 4.00. The third-order valence-electron chi connectivity index (χ3n) is 10.7. The van der Waals surface area contributed by atoms with E-state index in [2.05, 4.69) is 38.2 Å². The van der Waals surface area contributed by atoms with Gasteiger partial charge in [0.2, 0.25) is 0 Å². The lowest BCUT2D eigenvalue weighted by Gasteiger charge is -2.27. The average Bonchev–Trinajstić information content (AvgIpc) is 3.16. The van der Waals surface area contributed by atoms with Crippen LogP contribution in [0.5, 0.6) is 0 Å². The maximum absolute atomic E-state index is 12.7. The zero-order chi connectivity index (χ0) is 39.1. The topological polar surface area (TPSA) is 124 Å². The van der Waals surface area contributed by atoms with Gasteiger partial charge in [-0.25, -0.2) is 9.59 Å². The lowest BCUT2D eigenvalue weighted by Crippen LogP contribution is -2.50. The SMILES string of the molecule is CCCCCCCCCC/C=C/CCCCCCCCC(O)(CO)C(=O)OC(=O)C(O)(CO)CCCCCCCC/C=C/CCCCCCCCCC. The standard InChI is InChI=1S/C46H86O7/c1-3-5-7-9-11-13-15-17-19-21-23-25-27-29-31-33-35-37-39-45(51,41-47)43(49)53-44(50)46(52,42-48)40-38-36-34-32-30-28-26-24-22-20-18-16-14-12-10-8-6-4-2/h21-24,47-48,51-52H,3-20,25-42H2,1-2H3/b23-21+,24-22+. The number of aliphatic hydroxyl groups excluding tert-OH is 2. The van der Waals surface area contributed by atoms with E-state index >= 15 is 0 Å². The van der Waals surface area contributed by atoms with Gasteiger partial charge in [0.05, 0.1) is 13.2 Å². The highest BCUT2D eigenvalue weighted by Crippen LogP contribution is 2.23. The van der Waals surface area contributed by atoms with Gasteiger partial charge in [-0.2, -0.15) is 0 Å². The molecule has 0 aromatic rings. The second-order valence-corrected chi connectivity index (χ2v) is 15.8. The predicted molar refractivity (Wildman–Crippen MR) is 222 cm³/mol. The van der Waals surface area contributed by atoms with Crippen LogP contribution in [0.3, 0.4) is 0 Å². The third kappa shape index (κ3) is 30.4. The van der Waals surface area contributed by atoms with Crippen LogP contribution in [0.1, 0.15) is 232 Å². The van der Waals surface area contributed by atoms with Gasteiger partial charge >= 0.3 is 11.9 Å². The number of esters is 2. The Labute approximate surface area is 326 Å². The van der Waals surface area contributed by atoms with Crippen molar-refractivity contribution >= 4 is 11.9 Å². The molecule has 0 aromatic carbocycles. The highest BCUT2D eigenvalue weighted by Gasteiger charge is 2.43. The highest BCUT2D eigenvalue weighted by atomic mass is 16.6. The summed E-state index contributed by atoms with van der Waals surface area (Å²) < 4.78 is 4.83. The van der Waals surface area contributed by atoms with Crippen LogP contribution in [0.4, 0.5) is 0 Å². The number of aliphatic hydroxyl groups is 4. The molecule has 312 valence electrons. The average molecular weight is 751 g/mol. The molecule has 4 N–H and O–H groups in total. The van der Waals surface area contributed by atoms with Crippen molar-refractivity contribution in [2.24, 2.45) is 0 Å². The van der Waals surface area contributed by atoms with E-state index in [4.69, 9.17) is 4.74 Å². The Morgan fingerprint density at radius 1 is 0.396 bits per heavy atom. The zero-order valence-corrected chi connectivity index (χ0v) is 34.8. The van der Waals surface area contributed by atoms with Crippen LogP contribution in [-0.4, -0.2) is 56.8 Å².